The number of hydrogen-bond donors (Lipinski definition) is 1. The molecule has 0 amide bonds. The van der Waals surface area contributed by atoms with Crippen molar-refractivity contribution in [3.05, 3.63) is 51.6 Å². The summed E-state index contributed by atoms with van der Waals surface area (Å²) in [5, 5.41) is 11.5. The van der Waals surface area contributed by atoms with Crippen molar-refractivity contribution in [3.8, 4) is 11.1 Å². The monoisotopic (exact) mass is 376 g/mol. The van der Waals surface area contributed by atoms with Crippen LogP contribution in [0, 0.1) is 5.82 Å². The van der Waals surface area contributed by atoms with Crippen molar-refractivity contribution >= 4 is 27.5 Å². The highest BCUT2D eigenvalue weighted by Crippen LogP contribution is 2.31. The summed E-state index contributed by atoms with van der Waals surface area (Å²) >= 11 is 1.30. The molecule has 3 aromatic rings. The van der Waals surface area contributed by atoms with Crippen LogP contribution in [-0.4, -0.2) is 34.3 Å². The van der Waals surface area contributed by atoms with E-state index in [1.54, 1.807) is 17.5 Å². The van der Waals surface area contributed by atoms with Crippen LogP contribution in [0.5, 0.6) is 0 Å². The third kappa shape index (κ3) is 3.25. The fourth-order valence-corrected chi connectivity index (χ4v) is 3.72. The quantitative estimate of drug-likeness (QED) is 0.715. The average molecular weight is 376 g/mol. The minimum atomic E-state index is -1.12. The third-order valence-corrected chi connectivity index (χ3v) is 5.01. The summed E-state index contributed by atoms with van der Waals surface area (Å²) in [5.74, 6) is -1.12. The van der Waals surface area contributed by atoms with Crippen molar-refractivity contribution in [2.45, 2.75) is 19.4 Å². The summed E-state index contributed by atoms with van der Waals surface area (Å²) in [7, 11) is 1.53. The second-order valence-corrected chi connectivity index (χ2v) is 6.65. The third-order valence-electron chi connectivity index (χ3n) is 4.14. The summed E-state index contributed by atoms with van der Waals surface area (Å²) in [4.78, 5) is 29.6. The minimum absolute atomic E-state index is 0.320. The number of hydrogen-bond acceptors (Lipinski definition) is 5. The molecule has 1 aromatic carbocycles. The maximum Gasteiger partial charge on any atom is 0.326 e. The fourth-order valence-electron chi connectivity index (χ4n) is 2.77. The molecule has 0 aliphatic heterocycles. The normalized spacial score (nSPS) is 12.4. The first kappa shape index (κ1) is 18.2. The van der Waals surface area contributed by atoms with Gasteiger partial charge < -0.3 is 9.84 Å². The Kier molecular flexibility index (Phi) is 5.15. The average Bonchev–Trinajstić information content (AvgIpc) is 3.04. The van der Waals surface area contributed by atoms with Crippen LogP contribution < -0.4 is 5.56 Å². The molecule has 0 bridgehead atoms. The van der Waals surface area contributed by atoms with Crippen molar-refractivity contribution in [2.75, 3.05) is 13.7 Å². The summed E-state index contributed by atoms with van der Waals surface area (Å²) < 4.78 is 19.4. The van der Waals surface area contributed by atoms with E-state index < -0.39 is 17.6 Å². The van der Waals surface area contributed by atoms with Gasteiger partial charge in [0.2, 0.25) is 0 Å². The molecule has 2 heterocycles. The largest absolute Gasteiger partial charge is 0.480 e. The van der Waals surface area contributed by atoms with E-state index in [1.807, 2.05) is 0 Å². The van der Waals surface area contributed by atoms with Crippen LogP contribution >= 0.6 is 11.3 Å². The Bertz CT molecular complexity index is 1010. The number of ether oxygens (including phenoxy) is 1. The molecule has 0 spiro atoms. The van der Waals surface area contributed by atoms with Crippen LogP contribution in [0.25, 0.3) is 21.3 Å². The lowest BCUT2D eigenvalue weighted by molar-refractivity contribution is -0.140. The number of carboxylic acids is 1. The molecular formula is C18H17FN2O4S. The molecule has 1 atom stereocenters. The molecule has 0 radical (unpaired) electrons. The zero-order valence-corrected chi connectivity index (χ0v) is 15.0. The zero-order chi connectivity index (χ0) is 18.8. The highest BCUT2D eigenvalue weighted by atomic mass is 32.1. The van der Waals surface area contributed by atoms with Crippen molar-refractivity contribution < 1.29 is 19.0 Å². The van der Waals surface area contributed by atoms with E-state index in [1.165, 1.54) is 42.1 Å². The van der Waals surface area contributed by atoms with Gasteiger partial charge in [-0.15, -0.1) is 11.3 Å². The molecule has 2 aromatic heterocycles. The number of benzene rings is 1. The van der Waals surface area contributed by atoms with Crippen molar-refractivity contribution in [1.82, 2.24) is 9.55 Å². The topological polar surface area (TPSA) is 81.4 Å². The Hall–Kier alpha value is -2.58. The van der Waals surface area contributed by atoms with Crippen LogP contribution in [0.4, 0.5) is 4.39 Å². The Morgan fingerprint density at radius 3 is 2.69 bits per heavy atom. The van der Waals surface area contributed by atoms with Crippen LogP contribution in [0.15, 0.2) is 34.4 Å². The first-order valence-electron chi connectivity index (χ1n) is 7.94. The number of halogens is 1. The van der Waals surface area contributed by atoms with Gasteiger partial charge in [-0.05, 0) is 24.6 Å². The smallest absolute Gasteiger partial charge is 0.326 e. The second kappa shape index (κ2) is 7.35. The number of carbonyl (C=O) groups is 1. The molecule has 136 valence electrons. The molecular weight excluding hydrogens is 359 g/mol. The summed E-state index contributed by atoms with van der Waals surface area (Å²) in [6, 6.07) is 4.74. The number of thiophene rings is 1. The first-order chi connectivity index (χ1) is 12.4. The van der Waals surface area contributed by atoms with E-state index >= 15 is 0 Å². The standard InChI is InChI=1S/C18H17FN2O4S/c1-10(18(23)24)21-14(7-8-25-2)20-16-15(17(21)22)13(9-26-16)11-3-5-12(19)6-4-11/h3-6,9-10H,7-8H2,1-2H3,(H,23,24). The van der Waals surface area contributed by atoms with Crippen molar-refractivity contribution in [1.29, 1.82) is 0 Å². The van der Waals surface area contributed by atoms with Crippen LogP contribution in [-0.2, 0) is 16.0 Å². The molecule has 1 N–H and O–H groups in total. The van der Waals surface area contributed by atoms with Gasteiger partial charge in [0.15, 0.2) is 0 Å². The molecule has 0 saturated carbocycles. The van der Waals surface area contributed by atoms with Crippen LogP contribution in [0.2, 0.25) is 0 Å². The predicted octanol–water partition coefficient (Wildman–Crippen LogP) is 3.10. The van der Waals surface area contributed by atoms with Gasteiger partial charge in [0.05, 0.1) is 12.0 Å². The lowest BCUT2D eigenvalue weighted by Crippen LogP contribution is -2.32. The molecule has 26 heavy (non-hydrogen) atoms. The lowest BCUT2D eigenvalue weighted by Gasteiger charge is -2.16. The van der Waals surface area contributed by atoms with Crippen LogP contribution in [0.3, 0.4) is 0 Å². The molecule has 1 unspecified atom stereocenters. The maximum atomic E-state index is 13.2. The van der Waals surface area contributed by atoms with Gasteiger partial charge in [-0.2, -0.15) is 0 Å². The van der Waals surface area contributed by atoms with E-state index in [0.29, 0.717) is 40.2 Å². The van der Waals surface area contributed by atoms with Crippen molar-refractivity contribution in [2.24, 2.45) is 0 Å². The summed E-state index contributed by atoms with van der Waals surface area (Å²) in [6.45, 7) is 1.76. The highest BCUT2D eigenvalue weighted by molar-refractivity contribution is 7.17. The maximum absolute atomic E-state index is 13.2. The highest BCUT2D eigenvalue weighted by Gasteiger charge is 2.23. The Labute approximate surface area is 152 Å². The first-order valence-corrected chi connectivity index (χ1v) is 8.82. The number of aliphatic carboxylic acids is 1. The number of fused-ring (bicyclic) bond motifs is 1. The Morgan fingerprint density at radius 2 is 2.08 bits per heavy atom. The molecule has 6 nitrogen and oxygen atoms in total. The Balaban J connectivity index is 2.26. The van der Waals surface area contributed by atoms with Crippen molar-refractivity contribution in [3.63, 3.8) is 0 Å². The molecule has 0 saturated heterocycles. The number of aromatic nitrogens is 2. The molecule has 0 aliphatic carbocycles. The molecule has 0 fully saturated rings. The van der Waals surface area contributed by atoms with Gasteiger partial charge in [0.25, 0.3) is 5.56 Å². The summed E-state index contributed by atoms with van der Waals surface area (Å²) in [5.41, 5.74) is 0.874. The van der Waals surface area contributed by atoms with Gasteiger partial charge in [0.1, 0.15) is 22.5 Å². The molecule has 0 aliphatic rings. The SMILES string of the molecule is COCCc1nc2scc(-c3ccc(F)cc3)c2c(=O)n1C(C)C(=O)O. The summed E-state index contributed by atoms with van der Waals surface area (Å²) in [6.07, 6.45) is 0.323. The lowest BCUT2D eigenvalue weighted by atomic mass is 10.1. The van der Waals surface area contributed by atoms with E-state index in [4.69, 9.17) is 4.74 Å². The van der Waals surface area contributed by atoms with Gasteiger partial charge in [-0.25, -0.2) is 14.2 Å². The fraction of sp³-hybridized carbons (Fsp3) is 0.278. The van der Waals surface area contributed by atoms with E-state index in [-0.39, 0.29) is 5.82 Å². The second-order valence-electron chi connectivity index (χ2n) is 5.80. The van der Waals surface area contributed by atoms with E-state index in [9.17, 15) is 19.1 Å². The number of rotatable bonds is 6. The van der Waals surface area contributed by atoms with E-state index in [0.717, 1.165) is 0 Å². The number of methoxy groups -OCH3 is 1. The van der Waals surface area contributed by atoms with Gasteiger partial charge in [0, 0.05) is 24.5 Å². The van der Waals surface area contributed by atoms with Crippen LogP contribution in [0.1, 0.15) is 18.8 Å². The van der Waals surface area contributed by atoms with Gasteiger partial charge in [-0.1, -0.05) is 12.1 Å². The van der Waals surface area contributed by atoms with E-state index in [2.05, 4.69) is 4.98 Å². The molecule has 8 heteroatoms. The van der Waals surface area contributed by atoms with Gasteiger partial charge >= 0.3 is 5.97 Å². The molecule has 3 rings (SSSR count). The zero-order valence-electron chi connectivity index (χ0n) is 14.2. The predicted molar refractivity (Wildman–Crippen MR) is 97.2 cm³/mol. The Morgan fingerprint density at radius 1 is 1.38 bits per heavy atom. The minimum Gasteiger partial charge on any atom is -0.480 e. The number of carboxylic acid groups (broad SMARTS) is 1. The van der Waals surface area contributed by atoms with Gasteiger partial charge in [-0.3, -0.25) is 9.36 Å². The number of nitrogens with zero attached hydrogens (tertiary/aromatic N) is 2.